The van der Waals surface area contributed by atoms with Gasteiger partial charge in [0.15, 0.2) is 0 Å². The summed E-state index contributed by atoms with van der Waals surface area (Å²) in [5, 5.41) is 2.32. The molecule has 0 fully saturated rings. The van der Waals surface area contributed by atoms with Crippen molar-refractivity contribution < 1.29 is 29.3 Å². The Morgan fingerprint density at radius 3 is 2.00 bits per heavy atom. The maximum Gasteiger partial charge on any atom is 0.102 e. The summed E-state index contributed by atoms with van der Waals surface area (Å²) in [7, 11) is 0. The SMILES string of the molecule is [I-].c1ccc2c(c1)C[NH2+]C2. The molecule has 1 aromatic carbocycles. The summed E-state index contributed by atoms with van der Waals surface area (Å²) >= 11 is 0. The molecule has 1 aliphatic heterocycles. The van der Waals surface area contributed by atoms with Crippen LogP contribution in [-0.2, 0) is 13.1 Å². The largest absolute Gasteiger partial charge is 1.00 e. The molecule has 2 N–H and O–H groups in total. The molecular weight excluding hydrogens is 237 g/mol. The highest BCUT2D eigenvalue weighted by molar-refractivity contribution is 5.26. The zero-order valence-electron chi connectivity index (χ0n) is 5.68. The number of halogens is 1. The van der Waals surface area contributed by atoms with Crippen molar-refractivity contribution in [2.45, 2.75) is 13.1 Å². The molecule has 0 saturated heterocycles. The molecule has 0 amide bonds. The minimum atomic E-state index is 0. The van der Waals surface area contributed by atoms with Gasteiger partial charge in [0.25, 0.3) is 0 Å². The van der Waals surface area contributed by atoms with Crippen molar-refractivity contribution in [1.29, 1.82) is 0 Å². The van der Waals surface area contributed by atoms with Crippen molar-refractivity contribution in [3.05, 3.63) is 35.4 Å². The molecule has 1 nitrogen and oxygen atoms in total. The molecule has 1 aromatic rings. The van der Waals surface area contributed by atoms with E-state index in [1.54, 1.807) is 0 Å². The Bertz CT molecular complexity index is 199. The minimum Gasteiger partial charge on any atom is -1.00 e. The molecule has 0 atom stereocenters. The molecule has 2 rings (SSSR count). The number of rotatable bonds is 0. The first-order valence-corrected chi connectivity index (χ1v) is 3.35. The molecule has 0 radical (unpaired) electrons. The van der Waals surface area contributed by atoms with Crippen LogP contribution in [0.1, 0.15) is 11.1 Å². The Morgan fingerprint density at radius 2 is 1.50 bits per heavy atom. The molecule has 1 heterocycles. The van der Waals surface area contributed by atoms with Crippen LogP contribution in [0.5, 0.6) is 0 Å². The lowest BCUT2D eigenvalue weighted by Crippen LogP contribution is -3.00. The molecule has 0 aromatic heterocycles. The van der Waals surface area contributed by atoms with E-state index in [1.165, 1.54) is 24.2 Å². The highest BCUT2D eigenvalue weighted by atomic mass is 127. The Kier molecular flexibility index (Phi) is 2.68. The van der Waals surface area contributed by atoms with Crippen LogP contribution in [-0.4, -0.2) is 0 Å². The van der Waals surface area contributed by atoms with Gasteiger partial charge in [0.05, 0.1) is 0 Å². The molecule has 0 unspecified atom stereocenters. The van der Waals surface area contributed by atoms with Crippen LogP contribution in [0, 0.1) is 0 Å². The monoisotopic (exact) mass is 247 g/mol. The summed E-state index contributed by atoms with van der Waals surface area (Å²) in [6.45, 7) is 2.35. The summed E-state index contributed by atoms with van der Waals surface area (Å²) < 4.78 is 0. The van der Waals surface area contributed by atoms with E-state index < -0.39 is 0 Å². The lowest BCUT2D eigenvalue weighted by atomic mass is 10.1. The van der Waals surface area contributed by atoms with E-state index >= 15 is 0 Å². The van der Waals surface area contributed by atoms with E-state index in [1.807, 2.05) is 0 Å². The van der Waals surface area contributed by atoms with Gasteiger partial charge >= 0.3 is 0 Å². The van der Waals surface area contributed by atoms with Gasteiger partial charge in [-0.05, 0) is 0 Å². The fourth-order valence-electron chi connectivity index (χ4n) is 1.34. The van der Waals surface area contributed by atoms with Crippen LogP contribution in [0.25, 0.3) is 0 Å². The van der Waals surface area contributed by atoms with E-state index in [0.717, 1.165) is 0 Å². The topological polar surface area (TPSA) is 16.6 Å². The smallest absolute Gasteiger partial charge is 0.102 e. The maximum absolute atomic E-state index is 2.32. The molecule has 0 bridgehead atoms. The van der Waals surface area contributed by atoms with Crippen LogP contribution in [0.15, 0.2) is 24.3 Å². The van der Waals surface area contributed by atoms with Crippen LogP contribution < -0.4 is 29.3 Å². The van der Waals surface area contributed by atoms with E-state index in [2.05, 4.69) is 29.6 Å². The van der Waals surface area contributed by atoms with Gasteiger partial charge < -0.3 is 29.3 Å². The molecular formula is C8H10IN. The number of benzene rings is 1. The van der Waals surface area contributed by atoms with Gasteiger partial charge in [-0.15, -0.1) is 0 Å². The van der Waals surface area contributed by atoms with Crippen LogP contribution in [0.3, 0.4) is 0 Å². The average Bonchev–Trinajstić information content (AvgIpc) is 2.33. The van der Waals surface area contributed by atoms with Crippen molar-refractivity contribution in [2.75, 3.05) is 0 Å². The van der Waals surface area contributed by atoms with E-state index in [-0.39, 0.29) is 24.0 Å². The van der Waals surface area contributed by atoms with Gasteiger partial charge in [0.2, 0.25) is 0 Å². The Morgan fingerprint density at radius 1 is 1.00 bits per heavy atom. The zero-order chi connectivity index (χ0) is 6.10. The number of fused-ring (bicyclic) bond motifs is 1. The second kappa shape index (κ2) is 3.34. The fourth-order valence-corrected chi connectivity index (χ4v) is 1.34. The van der Waals surface area contributed by atoms with Crippen LogP contribution in [0.4, 0.5) is 0 Å². The third-order valence-corrected chi connectivity index (χ3v) is 1.85. The van der Waals surface area contributed by atoms with E-state index in [9.17, 15) is 0 Å². The molecule has 0 spiro atoms. The minimum absolute atomic E-state index is 0. The first kappa shape index (κ1) is 8.01. The fraction of sp³-hybridized carbons (Fsp3) is 0.250. The zero-order valence-corrected chi connectivity index (χ0v) is 7.84. The summed E-state index contributed by atoms with van der Waals surface area (Å²) in [6, 6.07) is 8.63. The van der Waals surface area contributed by atoms with Gasteiger partial charge in [0, 0.05) is 11.1 Å². The van der Waals surface area contributed by atoms with Crippen LogP contribution in [0.2, 0.25) is 0 Å². The molecule has 54 valence electrons. The Hall–Kier alpha value is -0.0900. The standard InChI is InChI=1S/C8H9N.HI/c1-2-4-8-6-9-5-7(8)3-1;/h1-4,9H,5-6H2;1H. The number of nitrogens with two attached hydrogens (primary N) is 1. The van der Waals surface area contributed by atoms with Crippen molar-refractivity contribution >= 4 is 0 Å². The second-order valence-electron chi connectivity index (χ2n) is 2.47. The third-order valence-electron chi connectivity index (χ3n) is 1.85. The number of hydrogen-bond acceptors (Lipinski definition) is 0. The number of quaternary nitrogens is 1. The predicted molar refractivity (Wildman–Crippen MR) is 35.8 cm³/mol. The molecule has 0 aliphatic carbocycles. The van der Waals surface area contributed by atoms with Gasteiger partial charge in [-0.25, -0.2) is 0 Å². The van der Waals surface area contributed by atoms with Gasteiger partial charge in [-0.3, -0.25) is 0 Å². The van der Waals surface area contributed by atoms with Gasteiger partial charge in [-0.1, -0.05) is 24.3 Å². The Balaban J connectivity index is 0.000000500. The lowest BCUT2D eigenvalue weighted by Gasteiger charge is -1.88. The van der Waals surface area contributed by atoms with Gasteiger partial charge in [-0.2, -0.15) is 0 Å². The quantitative estimate of drug-likeness (QED) is 0.479. The molecule has 2 heteroatoms. The van der Waals surface area contributed by atoms with Crippen molar-refractivity contribution in [1.82, 2.24) is 0 Å². The highest BCUT2D eigenvalue weighted by Gasteiger charge is 2.10. The summed E-state index contributed by atoms with van der Waals surface area (Å²) in [5.74, 6) is 0. The third kappa shape index (κ3) is 1.32. The number of hydrogen-bond donors (Lipinski definition) is 1. The first-order valence-electron chi connectivity index (χ1n) is 3.35. The lowest BCUT2D eigenvalue weighted by molar-refractivity contribution is -0.676. The maximum atomic E-state index is 2.32. The average molecular weight is 247 g/mol. The highest BCUT2D eigenvalue weighted by Crippen LogP contribution is 2.08. The van der Waals surface area contributed by atoms with Crippen molar-refractivity contribution in [3.8, 4) is 0 Å². The van der Waals surface area contributed by atoms with Crippen molar-refractivity contribution in [2.24, 2.45) is 0 Å². The molecule has 1 aliphatic rings. The first-order chi connectivity index (χ1) is 4.47. The van der Waals surface area contributed by atoms with Crippen molar-refractivity contribution in [3.63, 3.8) is 0 Å². The summed E-state index contributed by atoms with van der Waals surface area (Å²) in [5.41, 5.74) is 3.02. The summed E-state index contributed by atoms with van der Waals surface area (Å²) in [4.78, 5) is 0. The van der Waals surface area contributed by atoms with E-state index in [0.29, 0.717) is 0 Å². The van der Waals surface area contributed by atoms with E-state index in [4.69, 9.17) is 0 Å². The molecule has 0 saturated carbocycles. The Labute approximate surface area is 77.8 Å². The summed E-state index contributed by atoms with van der Waals surface area (Å²) in [6.07, 6.45) is 0. The molecule has 10 heavy (non-hydrogen) atoms. The normalized spacial score (nSPS) is 14.0. The predicted octanol–water partition coefficient (Wildman–Crippen LogP) is -2.73. The van der Waals surface area contributed by atoms with Gasteiger partial charge in [0.1, 0.15) is 13.1 Å². The second-order valence-corrected chi connectivity index (χ2v) is 2.47. The van der Waals surface area contributed by atoms with Crippen LogP contribution >= 0.6 is 0 Å².